The highest BCUT2D eigenvalue weighted by atomic mass is 32.1. The van der Waals surface area contributed by atoms with Crippen molar-refractivity contribution in [2.45, 2.75) is 25.4 Å². The van der Waals surface area contributed by atoms with E-state index in [1.54, 1.807) is 0 Å². The molecule has 1 aromatic heterocycles. The van der Waals surface area contributed by atoms with Crippen LogP contribution < -0.4 is 10.6 Å². The maximum Gasteiger partial charge on any atom is 0.355 e. The number of aromatic nitrogens is 1. The van der Waals surface area contributed by atoms with Crippen LogP contribution in [0.4, 0.5) is 0 Å². The fourth-order valence-corrected chi connectivity index (χ4v) is 2.81. The molecule has 116 valence electrons. The molecule has 0 atom stereocenters. The van der Waals surface area contributed by atoms with Gasteiger partial charge in [-0.1, -0.05) is 0 Å². The SMILES string of the molecule is O=C(COC1CCNCC1)NCCc1nc(C(=O)O)cs1. The third kappa shape index (κ3) is 5.41. The summed E-state index contributed by atoms with van der Waals surface area (Å²) in [5.74, 6) is -1.18. The molecule has 3 N–H and O–H groups in total. The summed E-state index contributed by atoms with van der Waals surface area (Å²) in [6.07, 6.45) is 2.56. The van der Waals surface area contributed by atoms with E-state index in [1.807, 2.05) is 0 Å². The normalized spacial score (nSPS) is 15.8. The minimum Gasteiger partial charge on any atom is -0.476 e. The summed E-state index contributed by atoms with van der Waals surface area (Å²) in [5.41, 5.74) is 0.0515. The molecule has 21 heavy (non-hydrogen) atoms. The predicted octanol–water partition coefficient (Wildman–Crippen LogP) is 0.269. The maximum atomic E-state index is 11.6. The summed E-state index contributed by atoms with van der Waals surface area (Å²) < 4.78 is 5.54. The molecule has 1 saturated heterocycles. The number of carbonyl (C=O) groups is 2. The van der Waals surface area contributed by atoms with E-state index in [4.69, 9.17) is 9.84 Å². The van der Waals surface area contributed by atoms with Crippen molar-refractivity contribution in [3.05, 3.63) is 16.1 Å². The summed E-state index contributed by atoms with van der Waals surface area (Å²) in [7, 11) is 0. The molecule has 1 aromatic rings. The lowest BCUT2D eigenvalue weighted by Gasteiger charge is -2.22. The van der Waals surface area contributed by atoms with Gasteiger partial charge in [0.1, 0.15) is 6.61 Å². The molecule has 8 heteroatoms. The number of carboxylic acid groups (broad SMARTS) is 1. The van der Waals surface area contributed by atoms with Crippen molar-refractivity contribution < 1.29 is 19.4 Å². The molecule has 2 rings (SSSR count). The van der Waals surface area contributed by atoms with E-state index in [1.165, 1.54) is 16.7 Å². The molecule has 7 nitrogen and oxygen atoms in total. The molecular formula is C13H19N3O4S. The number of nitrogens with one attached hydrogen (secondary N) is 2. The Hall–Kier alpha value is -1.51. The van der Waals surface area contributed by atoms with Crippen LogP contribution in [0.25, 0.3) is 0 Å². The Morgan fingerprint density at radius 2 is 2.24 bits per heavy atom. The highest BCUT2D eigenvalue weighted by Crippen LogP contribution is 2.10. The molecule has 0 aromatic carbocycles. The molecule has 1 amide bonds. The first kappa shape index (κ1) is 15.9. The molecular weight excluding hydrogens is 294 g/mol. The Balaban J connectivity index is 1.61. The van der Waals surface area contributed by atoms with Crippen molar-refractivity contribution in [1.82, 2.24) is 15.6 Å². The highest BCUT2D eigenvalue weighted by molar-refractivity contribution is 7.09. The second-order valence-corrected chi connectivity index (χ2v) is 5.73. The minimum atomic E-state index is -1.03. The number of carboxylic acids is 1. The van der Waals surface area contributed by atoms with Crippen LogP contribution in [-0.2, 0) is 16.0 Å². The number of piperidine rings is 1. The lowest BCUT2D eigenvalue weighted by atomic mass is 10.1. The summed E-state index contributed by atoms with van der Waals surface area (Å²) >= 11 is 1.28. The number of hydrogen-bond donors (Lipinski definition) is 3. The number of thiazole rings is 1. The monoisotopic (exact) mass is 313 g/mol. The molecule has 0 bridgehead atoms. The van der Waals surface area contributed by atoms with Crippen LogP contribution in [0.1, 0.15) is 28.3 Å². The molecule has 0 unspecified atom stereocenters. The molecule has 1 aliphatic heterocycles. The number of rotatable bonds is 7. The molecule has 0 radical (unpaired) electrons. The van der Waals surface area contributed by atoms with E-state index in [2.05, 4.69) is 15.6 Å². The minimum absolute atomic E-state index is 0.0515. The van der Waals surface area contributed by atoms with Crippen molar-refractivity contribution in [3.8, 4) is 0 Å². The Kier molecular flexibility index (Phi) is 6.09. The van der Waals surface area contributed by atoms with Crippen molar-refractivity contribution in [1.29, 1.82) is 0 Å². The van der Waals surface area contributed by atoms with E-state index >= 15 is 0 Å². The number of ether oxygens (including phenoxy) is 1. The fraction of sp³-hybridized carbons (Fsp3) is 0.615. The standard InChI is InChI=1S/C13H19N3O4S/c17-11(7-20-9-1-4-14-5-2-9)15-6-3-12-16-10(8-21-12)13(18)19/h8-9,14H,1-7H2,(H,15,17)(H,18,19). The van der Waals surface area contributed by atoms with E-state index in [0.29, 0.717) is 18.0 Å². The van der Waals surface area contributed by atoms with Gasteiger partial charge >= 0.3 is 5.97 Å². The summed E-state index contributed by atoms with van der Waals surface area (Å²) in [6, 6.07) is 0. The van der Waals surface area contributed by atoms with Gasteiger partial charge in [0.05, 0.1) is 11.1 Å². The van der Waals surface area contributed by atoms with Crippen LogP contribution in [0, 0.1) is 0 Å². The summed E-state index contributed by atoms with van der Waals surface area (Å²) in [4.78, 5) is 26.3. The Morgan fingerprint density at radius 3 is 2.90 bits per heavy atom. The van der Waals surface area contributed by atoms with Crippen LogP contribution >= 0.6 is 11.3 Å². The number of amides is 1. The highest BCUT2D eigenvalue weighted by Gasteiger charge is 2.14. The topological polar surface area (TPSA) is 101 Å². The molecule has 2 heterocycles. The van der Waals surface area contributed by atoms with Gasteiger partial charge in [0.25, 0.3) is 0 Å². The maximum absolute atomic E-state index is 11.6. The van der Waals surface area contributed by atoms with E-state index in [9.17, 15) is 9.59 Å². The van der Waals surface area contributed by atoms with Crippen LogP contribution in [0.5, 0.6) is 0 Å². The average molecular weight is 313 g/mol. The fourth-order valence-electron chi connectivity index (χ4n) is 2.04. The first-order valence-corrected chi connectivity index (χ1v) is 7.80. The molecule has 1 aliphatic rings. The zero-order valence-corrected chi connectivity index (χ0v) is 12.4. The number of carbonyl (C=O) groups excluding carboxylic acids is 1. The first-order chi connectivity index (χ1) is 10.1. The Morgan fingerprint density at radius 1 is 1.48 bits per heavy atom. The van der Waals surface area contributed by atoms with Crippen LogP contribution in [0.2, 0.25) is 0 Å². The van der Waals surface area contributed by atoms with Gasteiger partial charge in [0, 0.05) is 18.3 Å². The van der Waals surface area contributed by atoms with Crippen molar-refractivity contribution in [2.24, 2.45) is 0 Å². The smallest absolute Gasteiger partial charge is 0.355 e. The van der Waals surface area contributed by atoms with Gasteiger partial charge in [-0.2, -0.15) is 0 Å². The van der Waals surface area contributed by atoms with Gasteiger partial charge in [-0.3, -0.25) is 4.79 Å². The summed E-state index contributed by atoms with van der Waals surface area (Å²) in [6.45, 7) is 2.37. The van der Waals surface area contributed by atoms with Gasteiger partial charge < -0.3 is 20.5 Å². The predicted molar refractivity (Wildman–Crippen MR) is 77.6 cm³/mol. The quantitative estimate of drug-likeness (QED) is 0.668. The van der Waals surface area contributed by atoms with Gasteiger partial charge in [-0.05, 0) is 25.9 Å². The van der Waals surface area contributed by atoms with Crippen LogP contribution in [0.15, 0.2) is 5.38 Å². The van der Waals surface area contributed by atoms with E-state index in [0.717, 1.165) is 25.9 Å². The average Bonchev–Trinajstić information content (AvgIpc) is 2.95. The Labute approximate surface area is 126 Å². The van der Waals surface area contributed by atoms with Gasteiger partial charge in [-0.15, -0.1) is 11.3 Å². The first-order valence-electron chi connectivity index (χ1n) is 6.92. The third-order valence-electron chi connectivity index (χ3n) is 3.17. The largest absolute Gasteiger partial charge is 0.476 e. The van der Waals surface area contributed by atoms with Crippen LogP contribution in [-0.4, -0.2) is 54.3 Å². The number of nitrogens with zero attached hydrogens (tertiary/aromatic N) is 1. The van der Waals surface area contributed by atoms with Crippen molar-refractivity contribution in [3.63, 3.8) is 0 Å². The van der Waals surface area contributed by atoms with Gasteiger partial charge in [-0.25, -0.2) is 9.78 Å². The van der Waals surface area contributed by atoms with Crippen molar-refractivity contribution in [2.75, 3.05) is 26.2 Å². The lowest BCUT2D eigenvalue weighted by Crippen LogP contribution is -2.36. The summed E-state index contributed by atoms with van der Waals surface area (Å²) in [5, 5.41) is 16.9. The zero-order valence-electron chi connectivity index (χ0n) is 11.6. The number of hydrogen-bond acceptors (Lipinski definition) is 6. The van der Waals surface area contributed by atoms with Crippen molar-refractivity contribution >= 4 is 23.2 Å². The van der Waals surface area contributed by atoms with Gasteiger partial charge in [0.2, 0.25) is 5.91 Å². The molecule has 0 spiro atoms. The molecule has 1 fully saturated rings. The number of aromatic carboxylic acids is 1. The zero-order chi connectivity index (χ0) is 15.1. The molecule has 0 aliphatic carbocycles. The van der Waals surface area contributed by atoms with Crippen LogP contribution in [0.3, 0.4) is 0 Å². The third-order valence-corrected chi connectivity index (χ3v) is 4.08. The van der Waals surface area contributed by atoms with Gasteiger partial charge in [0.15, 0.2) is 5.69 Å². The van der Waals surface area contributed by atoms with E-state index < -0.39 is 5.97 Å². The molecule has 0 saturated carbocycles. The van der Waals surface area contributed by atoms with E-state index in [-0.39, 0.29) is 24.3 Å². The Bertz CT molecular complexity index is 486. The lowest BCUT2D eigenvalue weighted by molar-refractivity contribution is -0.128. The second-order valence-electron chi connectivity index (χ2n) is 4.79. The second kappa shape index (κ2) is 8.06.